The molecule has 124 valence electrons. The first-order valence-electron chi connectivity index (χ1n) is 7.03. The first-order chi connectivity index (χ1) is 11.6. The molecule has 0 atom stereocenters. The van der Waals surface area contributed by atoms with E-state index in [1.807, 2.05) is 17.5 Å². The van der Waals surface area contributed by atoms with E-state index in [1.165, 1.54) is 18.3 Å². The third-order valence-electron chi connectivity index (χ3n) is 3.20. The highest BCUT2D eigenvalue weighted by molar-refractivity contribution is 7.09. The molecule has 0 spiro atoms. The Kier molecular flexibility index (Phi) is 4.85. The van der Waals surface area contributed by atoms with Crippen molar-refractivity contribution < 1.29 is 18.3 Å². The van der Waals surface area contributed by atoms with E-state index in [0.29, 0.717) is 17.6 Å². The highest BCUT2D eigenvalue weighted by Gasteiger charge is 2.13. The average molecular weight is 349 g/mol. The molecule has 2 aromatic heterocycles. The van der Waals surface area contributed by atoms with Crippen molar-refractivity contribution >= 4 is 34.0 Å². The van der Waals surface area contributed by atoms with Crippen molar-refractivity contribution in [2.45, 2.75) is 13.2 Å². The number of nitrogens with one attached hydrogen (secondary N) is 2. The van der Waals surface area contributed by atoms with Crippen molar-refractivity contribution in [1.82, 2.24) is 10.3 Å². The van der Waals surface area contributed by atoms with Crippen LogP contribution in [-0.2, 0) is 6.54 Å². The summed E-state index contributed by atoms with van der Waals surface area (Å²) in [6, 6.07) is 9.62. The zero-order valence-electron chi connectivity index (χ0n) is 12.3. The van der Waals surface area contributed by atoms with Crippen LogP contribution in [0.15, 0.2) is 48.0 Å². The number of hydrogen-bond acceptors (Lipinski definition) is 4. The van der Waals surface area contributed by atoms with Crippen LogP contribution in [0.25, 0.3) is 10.9 Å². The lowest BCUT2D eigenvalue weighted by Gasteiger charge is -2.12. The molecule has 0 fully saturated rings. The van der Waals surface area contributed by atoms with E-state index in [1.54, 1.807) is 23.5 Å². The molecule has 0 bridgehead atoms. The van der Waals surface area contributed by atoms with Crippen LogP contribution in [0.2, 0.25) is 0 Å². The number of thiophene rings is 1. The van der Waals surface area contributed by atoms with Crippen molar-refractivity contribution in [3.05, 3.63) is 52.9 Å². The highest BCUT2D eigenvalue weighted by Crippen LogP contribution is 2.30. The number of pyridine rings is 1. The summed E-state index contributed by atoms with van der Waals surface area (Å²) in [7, 11) is 0. The molecule has 0 aliphatic rings. The maximum Gasteiger partial charge on any atom is 0.387 e. The monoisotopic (exact) mass is 349 g/mol. The number of ether oxygens (including phenoxy) is 1. The summed E-state index contributed by atoms with van der Waals surface area (Å²) >= 11 is 1.54. The standard InChI is InChI=1S/C16H13F2N3O2S/c17-15(18)23-13-6-5-12(11-4-1-7-19-14(11)13)21-16(22)20-9-10-3-2-8-24-10/h1-8,15H,9H2,(H2,20,21,22). The van der Waals surface area contributed by atoms with Gasteiger partial charge < -0.3 is 15.4 Å². The number of nitrogens with zero attached hydrogens (tertiary/aromatic N) is 1. The molecular weight excluding hydrogens is 336 g/mol. The molecule has 2 N–H and O–H groups in total. The largest absolute Gasteiger partial charge is 0.432 e. The third kappa shape index (κ3) is 3.77. The maximum absolute atomic E-state index is 12.5. The number of rotatable bonds is 5. The fraction of sp³-hybridized carbons (Fsp3) is 0.125. The van der Waals surface area contributed by atoms with E-state index in [2.05, 4.69) is 20.4 Å². The molecule has 1 aromatic carbocycles. The molecule has 24 heavy (non-hydrogen) atoms. The van der Waals surface area contributed by atoms with Crippen molar-refractivity contribution in [3.8, 4) is 5.75 Å². The molecule has 8 heteroatoms. The fourth-order valence-corrected chi connectivity index (χ4v) is 2.84. The zero-order valence-corrected chi connectivity index (χ0v) is 13.1. The van der Waals surface area contributed by atoms with Crippen LogP contribution < -0.4 is 15.4 Å². The summed E-state index contributed by atoms with van der Waals surface area (Å²) in [6.45, 7) is -2.53. The number of alkyl halides is 2. The maximum atomic E-state index is 12.5. The van der Waals surface area contributed by atoms with Crippen LogP contribution in [-0.4, -0.2) is 17.6 Å². The molecule has 3 rings (SSSR count). The molecular formula is C16H13F2N3O2S. The first kappa shape index (κ1) is 16.1. The number of urea groups is 1. The predicted octanol–water partition coefficient (Wildman–Crippen LogP) is 4.22. The van der Waals surface area contributed by atoms with E-state index < -0.39 is 12.6 Å². The SMILES string of the molecule is O=C(NCc1cccs1)Nc1ccc(OC(F)F)c2ncccc12. The van der Waals surface area contributed by atoms with E-state index in [9.17, 15) is 13.6 Å². The van der Waals surface area contributed by atoms with E-state index in [4.69, 9.17) is 0 Å². The molecule has 0 saturated carbocycles. The molecule has 2 heterocycles. The van der Waals surface area contributed by atoms with Crippen LogP contribution in [0.5, 0.6) is 5.75 Å². The second kappa shape index (κ2) is 7.22. The Morgan fingerprint density at radius 2 is 2.12 bits per heavy atom. The Balaban J connectivity index is 1.78. The second-order valence-electron chi connectivity index (χ2n) is 4.78. The van der Waals surface area contributed by atoms with Crippen LogP contribution >= 0.6 is 11.3 Å². The first-order valence-corrected chi connectivity index (χ1v) is 7.91. The molecule has 0 saturated heterocycles. The lowest BCUT2D eigenvalue weighted by atomic mass is 10.1. The van der Waals surface area contributed by atoms with Crippen molar-refractivity contribution in [2.75, 3.05) is 5.32 Å². The van der Waals surface area contributed by atoms with Gasteiger partial charge in [0, 0.05) is 16.5 Å². The summed E-state index contributed by atoms with van der Waals surface area (Å²) in [5.74, 6) is -0.0369. The minimum absolute atomic E-state index is 0.0369. The molecule has 0 aliphatic heterocycles. The van der Waals surface area contributed by atoms with Crippen LogP contribution in [0.1, 0.15) is 4.88 Å². The average Bonchev–Trinajstić information content (AvgIpc) is 3.08. The quantitative estimate of drug-likeness (QED) is 0.725. The van der Waals surface area contributed by atoms with Gasteiger partial charge in [-0.15, -0.1) is 11.3 Å². The Morgan fingerprint density at radius 3 is 2.88 bits per heavy atom. The number of fused-ring (bicyclic) bond motifs is 1. The fourth-order valence-electron chi connectivity index (χ4n) is 2.19. The minimum atomic E-state index is -2.94. The molecule has 2 amide bonds. The third-order valence-corrected chi connectivity index (χ3v) is 4.08. The number of carbonyl (C=O) groups is 1. The Hall–Kier alpha value is -2.74. The highest BCUT2D eigenvalue weighted by atomic mass is 32.1. The van der Waals surface area contributed by atoms with Crippen LogP contribution in [0.3, 0.4) is 0 Å². The lowest BCUT2D eigenvalue weighted by Crippen LogP contribution is -2.27. The normalized spacial score (nSPS) is 10.8. The zero-order chi connectivity index (χ0) is 16.9. The molecule has 5 nitrogen and oxygen atoms in total. The predicted molar refractivity (Wildman–Crippen MR) is 88.6 cm³/mol. The van der Waals surface area contributed by atoms with Crippen molar-refractivity contribution in [2.24, 2.45) is 0 Å². The number of anilines is 1. The van der Waals surface area contributed by atoms with Crippen molar-refractivity contribution in [1.29, 1.82) is 0 Å². The number of amides is 2. The van der Waals surface area contributed by atoms with Gasteiger partial charge in [-0.05, 0) is 35.7 Å². The summed E-state index contributed by atoms with van der Waals surface area (Å²) in [4.78, 5) is 17.1. The molecule has 0 radical (unpaired) electrons. The second-order valence-corrected chi connectivity index (χ2v) is 5.81. The van der Waals surface area contributed by atoms with Gasteiger partial charge in [-0.3, -0.25) is 4.98 Å². The van der Waals surface area contributed by atoms with E-state index >= 15 is 0 Å². The summed E-state index contributed by atoms with van der Waals surface area (Å²) in [6.07, 6.45) is 1.47. The Morgan fingerprint density at radius 1 is 1.25 bits per heavy atom. The molecule has 0 aliphatic carbocycles. The smallest absolute Gasteiger partial charge is 0.387 e. The van der Waals surface area contributed by atoms with E-state index in [-0.39, 0.29) is 11.3 Å². The van der Waals surface area contributed by atoms with E-state index in [0.717, 1.165) is 4.88 Å². The number of aromatic nitrogens is 1. The Bertz CT molecular complexity index is 840. The van der Waals surface area contributed by atoms with Crippen molar-refractivity contribution in [3.63, 3.8) is 0 Å². The number of benzene rings is 1. The minimum Gasteiger partial charge on any atom is -0.432 e. The molecule has 0 unspecified atom stereocenters. The van der Waals surface area contributed by atoms with Gasteiger partial charge >= 0.3 is 12.6 Å². The summed E-state index contributed by atoms with van der Waals surface area (Å²) < 4.78 is 29.4. The topological polar surface area (TPSA) is 63.2 Å². The molecule has 3 aromatic rings. The van der Waals surface area contributed by atoms with Gasteiger partial charge in [-0.2, -0.15) is 8.78 Å². The van der Waals surface area contributed by atoms with Gasteiger partial charge in [-0.25, -0.2) is 4.79 Å². The number of halogens is 2. The van der Waals surface area contributed by atoms with Crippen LogP contribution in [0.4, 0.5) is 19.3 Å². The summed E-state index contributed by atoms with van der Waals surface area (Å²) in [5.41, 5.74) is 0.720. The van der Waals surface area contributed by atoms with Gasteiger partial charge in [0.1, 0.15) is 5.52 Å². The van der Waals surface area contributed by atoms with Gasteiger partial charge in [0.2, 0.25) is 0 Å². The lowest BCUT2D eigenvalue weighted by molar-refractivity contribution is -0.0489. The van der Waals surface area contributed by atoms with Gasteiger partial charge in [0.25, 0.3) is 0 Å². The summed E-state index contributed by atoms with van der Waals surface area (Å²) in [5, 5.41) is 7.88. The van der Waals surface area contributed by atoms with Gasteiger partial charge in [-0.1, -0.05) is 6.07 Å². The Labute approximate surface area is 140 Å². The number of carbonyl (C=O) groups excluding carboxylic acids is 1. The number of hydrogen-bond donors (Lipinski definition) is 2. The van der Waals surface area contributed by atoms with Gasteiger partial charge in [0.05, 0.1) is 12.2 Å². The van der Waals surface area contributed by atoms with Crippen LogP contribution in [0, 0.1) is 0 Å². The van der Waals surface area contributed by atoms with Gasteiger partial charge in [0.15, 0.2) is 5.75 Å².